The lowest BCUT2D eigenvalue weighted by Crippen LogP contribution is -2.52. The van der Waals surface area contributed by atoms with E-state index in [0.717, 1.165) is 5.69 Å². The van der Waals surface area contributed by atoms with E-state index in [2.05, 4.69) is 54.4 Å². The summed E-state index contributed by atoms with van der Waals surface area (Å²) in [7, 11) is 0. The molecule has 0 aliphatic heterocycles. The summed E-state index contributed by atoms with van der Waals surface area (Å²) >= 11 is 10.6. The van der Waals surface area contributed by atoms with Gasteiger partial charge in [0.2, 0.25) is 0 Å². The van der Waals surface area contributed by atoms with Crippen LogP contribution in [-0.4, -0.2) is 16.3 Å². The number of rotatable bonds is 3. The first-order valence-corrected chi connectivity index (χ1v) is 9.51. The molecule has 0 aromatic heterocycles. The highest BCUT2D eigenvalue weighted by Gasteiger charge is 2.21. The summed E-state index contributed by atoms with van der Waals surface area (Å²) in [6.45, 7) is 6.64. The zero-order chi connectivity index (χ0) is 17.5. The van der Waals surface area contributed by atoms with Gasteiger partial charge in [0.05, 0.1) is 0 Å². The largest absolute Gasteiger partial charge is 0.358 e. The molecule has 2 rings (SSSR count). The number of hydrogen-bond donors (Lipinski definition) is 4. The maximum atomic E-state index is 5.34. The summed E-state index contributed by atoms with van der Waals surface area (Å²) in [6.07, 6.45) is 5.03. The number of benzene rings is 1. The lowest BCUT2D eigenvalue weighted by atomic mass is 9.86. The molecule has 4 nitrogen and oxygen atoms in total. The Balaban J connectivity index is 1.73. The third kappa shape index (κ3) is 5.91. The van der Waals surface area contributed by atoms with Crippen molar-refractivity contribution >= 4 is 40.3 Å². The van der Waals surface area contributed by atoms with E-state index in [-0.39, 0.29) is 0 Å². The fourth-order valence-corrected chi connectivity index (χ4v) is 3.33. The van der Waals surface area contributed by atoms with Crippen molar-refractivity contribution in [3.05, 3.63) is 29.8 Å². The van der Waals surface area contributed by atoms with Crippen LogP contribution in [0.5, 0.6) is 0 Å². The molecule has 0 amide bonds. The summed E-state index contributed by atoms with van der Waals surface area (Å²) in [5.41, 5.74) is 8.17. The molecular weight excluding hydrogens is 336 g/mol. The van der Waals surface area contributed by atoms with Crippen molar-refractivity contribution in [2.45, 2.75) is 58.4 Å². The molecule has 0 radical (unpaired) electrons. The molecule has 1 fully saturated rings. The predicted molar refractivity (Wildman–Crippen MR) is 110 cm³/mol. The van der Waals surface area contributed by atoms with Crippen molar-refractivity contribution in [2.24, 2.45) is 5.92 Å². The van der Waals surface area contributed by atoms with E-state index in [1.165, 1.54) is 31.2 Å². The molecule has 24 heavy (non-hydrogen) atoms. The Kier molecular flexibility index (Phi) is 7.24. The highest BCUT2D eigenvalue weighted by atomic mass is 32.1. The lowest BCUT2D eigenvalue weighted by Gasteiger charge is -2.30. The highest BCUT2D eigenvalue weighted by molar-refractivity contribution is 7.80. The molecule has 1 aromatic rings. The van der Waals surface area contributed by atoms with Gasteiger partial charge in [-0.15, -0.1) is 0 Å². The zero-order valence-electron chi connectivity index (χ0n) is 14.7. The number of hydrazine groups is 1. The van der Waals surface area contributed by atoms with Gasteiger partial charge in [0, 0.05) is 11.7 Å². The molecule has 0 heterocycles. The molecule has 0 spiro atoms. The van der Waals surface area contributed by atoms with Gasteiger partial charge < -0.3 is 10.6 Å². The van der Waals surface area contributed by atoms with E-state index in [4.69, 9.17) is 24.4 Å². The van der Waals surface area contributed by atoms with Gasteiger partial charge in [-0.05, 0) is 66.8 Å². The van der Waals surface area contributed by atoms with Gasteiger partial charge in [0.25, 0.3) is 0 Å². The van der Waals surface area contributed by atoms with Crippen LogP contribution in [0.4, 0.5) is 5.69 Å². The van der Waals surface area contributed by atoms with E-state index in [0.29, 0.717) is 28.1 Å². The topological polar surface area (TPSA) is 48.1 Å². The van der Waals surface area contributed by atoms with Crippen molar-refractivity contribution in [2.75, 3.05) is 5.32 Å². The smallest absolute Gasteiger partial charge is 0.189 e. The molecule has 0 saturated heterocycles. The standard InChI is InChI=1S/C18H28N4S2/c1-12(2)14-8-10-15(11-9-14)19-17(23)21-22-18(24)20-16-7-5-4-6-13(16)3/h8-13,16H,4-7H2,1-3H3,(H2,19,21,23)(H2,20,22,24)/t13-,16-/m0/s1. The molecule has 1 aliphatic carbocycles. The van der Waals surface area contributed by atoms with Crippen LogP contribution in [0.25, 0.3) is 0 Å². The Labute approximate surface area is 156 Å². The predicted octanol–water partition coefficient (Wildman–Crippen LogP) is 4.05. The molecular formula is C18H28N4S2. The van der Waals surface area contributed by atoms with E-state index < -0.39 is 0 Å². The quantitative estimate of drug-likeness (QED) is 0.479. The third-order valence-corrected chi connectivity index (χ3v) is 4.98. The summed E-state index contributed by atoms with van der Waals surface area (Å²) in [5, 5.41) is 7.61. The fourth-order valence-electron chi connectivity index (χ4n) is 2.96. The van der Waals surface area contributed by atoms with Gasteiger partial charge in [-0.1, -0.05) is 45.7 Å². The van der Waals surface area contributed by atoms with Gasteiger partial charge in [-0.25, -0.2) is 0 Å². The first-order chi connectivity index (χ1) is 11.5. The molecule has 0 bridgehead atoms. The Hall–Kier alpha value is -1.40. The van der Waals surface area contributed by atoms with Crippen LogP contribution in [0.3, 0.4) is 0 Å². The van der Waals surface area contributed by atoms with E-state index in [9.17, 15) is 0 Å². The van der Waals surface area contributed by atoms with Crippen LogP contribution in [0, 0.1) is 5.92 Å². The number of hydrogen-bond acceptors (Lipinski definition) is 2. The molecule has 4 N–H and O–H groups in total. The van der Waals surface area contributed by atoms with Gasteiger partial charge >= 0.3 is 0 Å². The molecule has 1 aliphatic rings. The number of nitrogens with one attached hydrogen (secondary N) is 4. The number of anilines is 1. The van der Waals surface area contributed by atoms with Crippen molar-refractivity contribution < 1.29 is 0 Å². The minimum absolute atomic E-state index is 0.450. The average molecular weight is 365 g/mol. The average Bonchev–Trinajstić information content (AvgIpc) is 2.55. The minimum atomic E-state index is 0.450. The molecule has 1 aromatic carbocycles. The second kappa shape index (κ2) is 9.18. The highest BCUT2D eigenvalue weighted by Crippen LogP contribution is 2.23. The second-order valence-electron chi connectivity index (χ2n) is 6.82. The maximum Gasteiger partial charge on any atom is 0.189 e. The first kappa shape index (κ1) is 18.9. The summed E-state index contributed by atoms with van der Waals surface area (Å²) < 4.78 is 0. The molecule has 132 valence electrons. The fraction of sp³-hybridized carbons (Fsp3) is 0.556. The summed E-state index contributed by atoms with van der Waals surface area (Å²) in [6, 6.07) is 8.73. The van der Waals surface area contributed by atoms with Crippen molar-refractivity contribution in [3.8, 4) is 0 Å². The van der Waals surface area contributed by atoms with Crippen LogP contribution in [0.15, 0.2) is 24.3 Å². The van der Waals surface area contributed by atoms with Crippen LogP contribution in [0.1, 0.15) is 57.9 Å². The Morgan fingerprint density at radius 3 is 2.25 bits per heavy atom. The van der Waals surface area contributed by atoms with Gasteiger partial charge in [0.15, 0.2) is 10.2 Å². The normalized spacial score (nSPS) is 20.3. The van der Waals surface area contributed by atoms with Crippen molar-refractivity contribution in [1.82, 2.24) is 16.2 Å². The summed E-state index contributed by atoms with van der Waals surface area (Å²) in [5.74, 6) is 1.18. The summed E-state index contributed by atoms with van der Waals surface area (Å²) in [4.78, 5) is 0. The van der Waals surface area contributed by atoms with Crippen LogP contribution >= 0.6 is 24.4 Å². The molecule has 0 unspecified atom stereocenters. The van der Waals surface area contributed by atoms with Crippen molar-refractivity contribution in [3.63, 3.8) is 0 Å². The van der Waals surface area contributed by atoms with E-state index in [1.54, 1.807) is 0 Å². The SMILES string of the molecule is CC(C)c1ccc(NC(=S)NNC(=S)N[C@H]2CCCC[C@@H]2C)cc1. The van der Waals surface area contributed by atoms with Gasteiger partial charge in [-0.2, -0.15) is 0 Å². The zero-order valence-corrected chi connectivity index (χ0v) is 16.3. The number of thiocarbonyl (C=S) groups is 2. The third-order valence-electron chi connectivity index (χ3n) is 4.55. The Morgan fingerprint density at radius 2 is 1.62 bits per heavy atom. The van der Waals surface area contributed by atoms with Gasteiger partial charge in [0.1, 0.15) is 0 Å². The minimum Gasteiger partial charge on any atom is -0.358 e. The maximum absolute atomic E-state index is 5.34. The van der Waals surface area contributed by atoms with Crippen molar-refractivity contribution in [1.29, 1.82) is 0 Å². The van der Waals surface area contributed by atoms with E-state index >= 15 is 0 Å². The Morgan fingerprint density at radius 1 is 1.00 bits per heavy atom. The van der Waals surface area contributed by atoms with E-state index in [1.807, 2.05) is 12.1 Å². The molecule has 2 atom stereocenters. The van der Waals surface area contributed by atoms with Crippen LogP contribution in [0.2, 0.25) is 0 Å². The van der Waals surface area contributed by atoms with Crippen LogP contribution in [-0.2, 0) is 0 Å². The monoisotopic (exact) mass is 364 g/mol. The molecule has 1 saturated carbocycles. The van der Waals surface area contributed by atoms with Gasteiger partial charge in [-0.3, -0.25) is 10.9 Å². The Bertz CT molecular complexity index is 557. The lowest BCUT2D eigenvalue weighted by molar-refractivity contribution is 0.308. The van der Waals surface area contributed by atoms with Crippen LogP contribution < -0.4 is 21.5 Å². The second-order valence-corrected chi connectivity index (χ2v) is 7.64. The molecule has 6 heteroatoms. The first-order valence-electron chi connectivity index (χ1n) is 8.69.